The SMILES string of the molecule is CCCCC(Cc1ccccc1)C(=O)OCC. The van der Waals surface area contributed by atoms with Crippen molar-refractivity contribution >= 4 is 5.97 Å². The van der Waals surface area contributed by atoms with Crippen molar-refractivity contribution in [1.29, 1.82) is 0 Å². The molecule has 0 spiro atoms. The molecule has 0 saturated carbocycles. The molecule has 1 aromatic rings. The first kappa shape index (κ1) is 13.8. The van der Waals surface area contributed by atoms with E-state index in [-0.39, 0.29) is 11.9 Å². The van der Waals surface area contributed by atoms with Gasteiger partial charge in [-0.1, -0.05) is 50.1 Å². The molecule has 0 fully saturated rings. The number of hydrogen-bond donors (Lipinski definition) is 0. The lowest BCUT2D eigenvalue weighted by Crippen LogP contribution is -2.20. The molecule has 0 aliphatic rings. The van der Waals surface area contributed by atoms with Gasteiger partial charge >= 0.3 is 5.97 Å². The fourth-order valence-electron chi connectivity index (χ4n) is 1.91. The Hall–Kier alpha value is -1.31. The zero-order valence-electron chi connectivity index (χ0n) is 10.8. The lowest BCUT2D eigenvalue weighted by molar-refractivity contribution is -0.148. The highest BCUT2D eigenvalue weighted by Gasteiger charge is 2.19. The second-order valence-corrected chi connectivity index (χ2v) is 4.28. The summed E-state index contributed by atoms with van der Waals surface area (Å²) in [5.41, 5.74) is 1.21. The average molecular weight is 234 g/mol. The molecule has 1 rings (SSSR count). The molecule has 0 amide bonds. The standard InChI is InChI=1S/C15H22O2/c1-3-5-11-14(15(16)17-4-2)12-13-9-7-6-8-10-13/h6-10,14H,3-5,11-12H2,1-2H3. The molecule has 0 saturated heterocycles. The van der Waals surface area contributed by atoms with Crippen LogP contribution in [0.25, 0.3) is 0 Å². The molecule has 0 aliphatic heterocycles. The summed E-state index contributed by atoms with van der Waals surface area (Å²) in [5.74, 6) is -0.0397. The van der Waals surface area contributed by atoms with Gasteiger partial charge < -0.3 is 4.74 Å². The maximum atomic E-state index is 11.8. The lowest BCUT2D eigenvalue weighted by Gasteiger charge is -2.15. The third-order valence-electron chi connectivity index (χ3n) is 2.85. The molecule has 0 aromatic heterocycles. The van der Waals surface area contributed by atoms with Crippen molar-refractivity contribution in [2.45, 2.75) is 39.5 Å². The zero-order valence-corrected chi connectivity index (χ0v) is 10.8. The van der Waals surface area contributed by atoms with Crippen LogP contribution in [0.4, 0.5) is 0 Å². The van der Waals surface area contributed by atoms with E-state index in [4.69, 9.17) is 4.74 Å². The van der Waals surface area contributed by atoms with E-state index in [1.54, 1.807) is 0 Å². The van der Waals surface area contributed by atoms with E-state index in [1.807, 2.05) is 25.1 Å². The van der Waals surface area contributed by atoms with Gasteiger partial charge in [-0.3, -0.25) is 4.79 Å². The molecule has 1 aromatic carbocycles. The number of benzene rings is 1. The molecule has 0 heterocycles. The van der Waals surface area contributed by atoms with Crippen molar-refractivity contribution in [3.8, 4) is 0 Å². The van der Waals surface area contributed by atoms with Crippen LogP contribution in [0.3, 0.4) is 0 Å². The zero-order chi connectivity index (χ0) is 12.5. The molecule has 2 nitrogen and oxygen atoms in total. The number of carbonyl (C=O) groups is 1. The number of esters is 1. The quantitative estimate of drug-likeness (QED) is 0.674. The Morgan fingerprint density at radius 3 is 2.53 bits per heavy atom. The summed E-state index contributed by atoms with van der Waals surface area (Å²) in [6.45, 7) is 4.47. The van der Waals surface area contributed by atoms with Crippen molar-refractivity contribution < 1.29 is 9.53 Å². The van der Waals surface area contributed by atoms with Crippen LogP contribution >= 0.6 is 0 Å². The normalized spacial score (nSPS) is 12.1. The minimum atomic E-state index is -0.0511. The monoisotopic (exact) mass is 234 g/mol. The fourth-order valence-corrected chi connectivity index (χ4v) is 1.91. The van der Waals surface area contributed by atoms with Gasteiger partial charge in [-0.15, -0.1) is 0 Å². The Balaban J connectivity index is 2.59. The summed E-state index contributed by atoms with van der Waals surface area (Å²) in [5, 5.41) is 0. The first-order valence-electron chi connectivity index (χ1n) is 6.48. The van der Waals surface area contributed by atoms with Crippen molar-refractivity contribution in [3.05, 3.63) is 35.9 Å². The fraction of sp³-hybridized carbons (Fsp3) is 0.533. The summed E-state index contributed by atoms with van der Waals surface area (Å²) in [6.07, 6.45) is 3.91. The van der Waals surface area contributed by atoms with Crippen molar-refractivity contribution in [2.24, 2.45) is 5.92 Å². The van der Waals surface area contributed by atoms with Crippen LogP contribution < -0.4 is 0 Å². The number of unbranched alkanes of at least 4 members (excludes halogenated alkanes) is 1. The molecule has 1 unspecified atom stereocenters. The highest BCUT2D eigenvalue weighted by molar-refractivity contribution is 5.72. The van der Waals surface area contributed by atoms with Crippen LogP contribution in [0.5, 0.6) is 0 Å². The molecule has 0 bridgehead atoms. The van der Waals surface area contributed by atoms with E-state index in [2.05, 4.69) is 19.1 Å². The van der Waals surface area contributed by atoms with Gasteiger partial charge in [-0.05, 0) is 25.3 Å². The Labute approximate surface area is 104 Å². The van der Waals surface area contributed by atoms with E-state index >= 15 is 0 Å². The van der Waals surface area contributed by atoms with Crippen LogP contribution in [0.15, 0.2) is 30.3 Å². The molecule has 2 heteroatoms. The van der Waals surface area contributed by atoms with Gasteiger partial charge in [0.15, 0.2) is 0 Å². The summed E-state index contributed by atoms with van der Waals surface area (Å²) in [7, 11) is 0. The van der Waals surface area contributed by atoms with Gasteiger partial charge in [0.1, 0.15) is 0 Å². The Kier molecular flexibility index (Phi) is 6.38. The summed E-state index contributed by atoms with van der Waals surface area (Å²) >= 11 is 0. The van der Waals surface area contributed by atoms with Crippen molar-refractivity contribution in [3.63, 3.8) is 0 Å². The lowest BCUT2D eigenvalue weighted by atomic mass is 9.94. The van der Waals surface area contributed by atoms with Crippen LogP contribution in [0, 0.1) is 5.92 Å². The van der Waals surface area contributed by atoms with E-state index < -0.39 is 0 Å². The van der Waals surface area contributed by atoms with Crippen molar-refractivity contribution in [2.75, 3.05) is 6.61 Å². The Morgan fingerprint density at radius 2 is 1.94 bits per heavy atom. The van der Waals surface area contributed by atoms with Gasteiger partial charge in [0, 0.05) is 0 Å². The maximum Gasteiger partial charge on any atom is 0.309 e. The van der Waals surface area contributed by atoms with Crippen LogP contribution in [0.1, 0.15) is 38.7 Å². The molecular formula is C15H22O2. The van der Waals surface area contributed by atoms with Crippen LogP contribution in [0.2, 0.25) is 0 Å². The molecule has 1 atom stereocenters. The highest BCUT2D eigenvalue weighted by atomic mass is 16.5. The second kappa shape index (κ2) is 7.88. The van der Waals surface area contributed by atoms with Crippen molar-refractivity contribution in [1.82, 2.24) is 0 Å². The number of rotatable bonds is 7. The first-order chi connectivity index (χ1) is 8.27. The van der Waals surface area contributed by atoms with E-state index in [0.29, 0.717) is 6.61 Å². The molecule has 0 aliphatic carbocycles. The predicted molar refractivity (Wildman–Crippen MR) is 69.8 cm³/mol. The van der Waals surface area contributed by atoms with Crippen LogP contribution in [-0.2, 0) is 16.0 Å². The highest BCUT2D eigenvalue weighted by Crippen LogP contribution is 2.17. The third kappa shape index (κ3) is 5.03. The van der Waals surface area contributed by atoms with E-state index in [9.17, 15) is 4.79 Å². The van der Waals surface area contributed by atoms with Gasteiger partial charge in [-0.2, -0.15) is 0 Å². The summed E-state index contributed by atoms with van der Waals surface area (Å²) in [4.78, 5) is 11.8. The van der Waals surface area contributed by atoms with Gasteiger partial charge in [0.25, 0.3) is 0 Å². The number of ether oxygens (including phenoxy) is 1. The second-order valence-electron chi connectivity index (χ2n) is 4.28. The van der Waals surface area contributed by atoms with E-state index in [0.717, 1.165) is 25.7 Å². The van der Waals surface area contributed by atoms with Gasteiger partial charge in [0.2, 0.25) is 0 Å². The largest absolute Gasteiger partial charge is 0.466 e. The molecular weight excluding hydrogens is 212 g/mol. The molecule has 0 N–H and O–H groups in total. The minimum Gasteiger partial charge on any atom is -0.466 e. The van der Waals surface area contributed by atoms with E-state index in [1.165, 1.54) is 5.56 Å². The van der Waals surface area contributed by atoms with Gasteiger partial charge in [-0.25, -0.2) is 0 Å². The first-order valence-corrected chi connectivity index (χ1v) is 6.48. The summed E-state index contributed by atoms with van der Waals surface area (Å²) in [6, 6.07) is 10.2. The Morgan fingerprint density at radius 1 is 1.24 bits per heavy atom. The maximum absolute atomic E-state index is 11.8. The third-order valence-corrected chi connectivity index (χ3v) is 2.85. The minimum absolute atomic E-state index is 0.0114. The molecule has 0 radical (unpaired) electrons. The molecule has 94 valence electrons. The smallest absolute Gasteiger partial charge is 0.309 e. The number of hydrogen-bond acceptors (Lipinski definition) is 2. The summed E-state index contributed by atoms with van der Waals surface area (Å²) < 4.78 is 5.13. The topological polar surface area (TPSA) is 26.3 Å². The molecule has 17 heavy (non-hydrogen) atoms. The Bertz CT molecular complexity index is 319. The van der Waals surface area contributed by atoms with Crippen LogP contribution in [-0.4, -0.2) is 12.6 Å². The number of carbonyl (C=O) groups excluding carboxylic acids is 1. The van der Waals surface area contributed by atoms with Gasteiger partial charge in [0.05, 0.1) is 12.5 Å². The average Bonchev–Trinajstić information content (AvgIpc) is 2.36. The predicted octanol–water partition coefficient (Wildman–Crippen LogP) is 3.60.